The Labute approximate surface area is 174 Å². The molecule has 1 aromatic carbocycles. The number of para-hydroxylation sites is 2. The summed E-state index contributed by atoms with van der Waals surface area (Å²) in [5.74, 6) is 0.801. The van der Waals surface area contributed by atoms with E-state index in [-0.39, 0.29) is 30.4 Å². The van der Waals surface area contributed by atoms with Gasteiger partial charge in [0.2, 0.25) is 11.8 Å². The molecule has 0 fully saturated rings. The topological polar surface area (TPSA) is 67.2 Å². The zero-order valence-corrected chi connectivity index (χ0v) is 18.3. The first-order valence-electron chi connectivity index (χ1n) is 10.6. The molecule has 0 radical (unpaired) electrons. The average Bonchev–Trinajstić information content (AvgIpc) is 3.05. The minimum atomic E-state index is -0.119. The van der Waals surface area contributed by atoms with Crippen molar-refractivity contribution in [3.63, 3.8) is 0 Å². The van der Waals surface area contributed by atoms with Gasteiger partial charge in [0.25, 0.3) is 0 Å². The molecule has 0 aliphatic heterocycles. The van der Waals surface area contributed by atoms with E-state index in [1.165, 1.54) is 6.08 Å². The Kier molecular flexibility index (Phi) is 8.43. The number of hydrogen-bond donors (Lipinski definition) is 1. The fraction of sp³-hybridized carbons (Fsp3) is 0.522. The highest BCUT2D eigenvalue weighted by Crippen LogP contribution is 2.19. The molecule has 6 nitrogen and oxygen atoms in total. The Balaban J connectivity index is 2.27. The Morgan fingerprint density at radius 3 is 2.45 bits per heavy atom. The second kappa shape index (κ2) is 10.8. The third-order valence-electron chi connectivity index (χ3n) is 5.41. The molecule has 29 heavy (non-hydrogen) atoms. The van der Waals surface area contributed by atoms with Crippen LogP contribution in [0.2, 0.25) is 0 Å². The van der Waals surface area contributed by atoms with E-state index in [9.17, 15) is 9.59 Å². The number of carbonyl (C=O) groups excluding carboxylic acids is 2. The van der Waals surface area contributed by atoms with Gasteiger partial charge in [0, 0.05) is 25.0 Å². The van der Waals surface area contributed by atoms with Crippen LogP contribution in [0.5, 0.6) is 0 Å². The molecule has 1 N–H and O–H groups in total. The van der Waals surface area contributed by atoms with Gasteiger partial charge >= 0.3 is 0 Å². The zero-order valence-electron chi connectivity index (χ0n) is 18.3. The van der Waals surface area contributed by atoms with E-state index in [0.717, 1.165) is 29.7 Å². The Morgan fingerprint density at radius 1 is 1.17 bits per heavy atom. The van der Waals surface area contributed by atoms with Crippen molar-refractivity contribution in [2.24, 2.45) is 0 Å². The van der Waals surface area contributed by atoms with Gasteiger partial charge in [-0.25, -0.2) is 4.98 Å². The van der Waals surface area contributed by atoms with Crippen molar-refractivity contribution in [3.8, 4) is 0 Å². The third kappa shape index (κ3) is 5.68. The molecule has 2 atom stereocenters. The maximum atomic E-state index is 13.3. The first kappa shape index (κ1) is 22.7. The first-order valence-corrected chi connectivity index (χ1v) is 10.6. The summed E-state index contributed by atoms with van der Waals surface area (Å²) in [6.45, 7) is 11.0. The van der Waals surface area contributed by atoms with Crippen molar-refractivity contribution in [1.82, 2.24) is 19.8 Å². The molecular weight excluding hydrogens is 364 g/mol. The Bertz CT molecular complexity index is 846. The van der Waals surface area contributed by atoms with Gasteiger partial charge in [0.15, 0.2) is 0 Å². The Morgan fingerprint density at radius 2 is 1.83 bits per heavy atom. The quantitative estimate of drug-likeness (QED) is 0.621. The number of aromatic nitrogens is 2. The van der Waals surface area contributed by atoms with Crippen molar-refractivity contribution < 1.29 is 9.59 Å². The smallest absolute Gasteiger partial charge is 0.243 e. The standard InChI is InChI=1S/C23H34N4O2/c1-6-11-22(28)24-15-14-21-25-19-12-9-10-13-20(19)26(21)16-23(29)27(17(4)7-2)18(5)8-3/h6,9-13,17-18H,7-8,14-16H2,1-5H3,(H,24,28)/b11-6+. The maximum Gasteiger partial charge on any atom is 0.243 e. The van der Waals surface area contributed by atoms with E-state index in [1.807, 2.05) is 40.7 Å². The summed E-state index contributed by atoms with van der Waals surface area (Å²) in [6.07, 6.45) is 5.62. The van der Waals surface area contributed by atoms with Gasteiger partial charge in [0.05, 0.1) is 11.0 Å². The van der Waals surface area contributed by atoms with Gasteiger partial charge in [-0.2, -0.15) is 0 Å². The summed E-state index contributed by atoms with van der Waals surface area (Å²) in [5, 5.41) is 2.86. The summed E-state index contributed by atoms with van der Waals surface area (Å²) in [4.78, 5) is 31.7. The van der Waals surface area contributed by atoms with Crippen LogP contribution in [-0.2, 0) is 22.6 Å². The van der Waals surface area contributed by atoms with E-state index >= 15 is 0 Å². The predicted octanol–water partition coefficient (Wildman–Crippen LogP) is 3.70. The molecule has 2 amide bonds. The van der Waals surface area contributed by atoms with Gasteiger partial charge in [-0.05, 0) is 51.8 Å². The lowest BCUT2D eigenvalue weighted by atomic mass is 10.1. The molecule has 0 bridgehead atoms. The van der Waals surface area contributed by atoms with E-state index in [2.05, 4.69) is 33.0 Å². The number of carbonyl (C=O) groups is 2. The van der Waals surface area contributed by atoms with E-state index in [4.69, 9.17) is 4.98 Å². The average molecular weight is 399 g/mol. The summed E-state index contributed by atoms with van der Waals surface area (Å²) < 4.78 is 2.00. The van der Waals surface area contributed by atoms with Crippen LogP contribution in [-0.4, -0.2) is 44.9 Å². The monoisotopic (exact) mass is 398 g/mol. The molecule has 2 unspecified atom stereocenters. The molecular formula is C23H34N4O2. The van der Waals surface area contributed by atoms with Gasteiger partial charge in [-0.15, -0.1) is 0 Å². The van der Waals surface area contributed by atoms with E-state index in [1.54, 1.807) is 6.08 Å². The lowest BCUT2D eigenvalue weighted by Gasteiger charge is -2.34. The number of nitrogens with one attached hydrogen (secondary N) is 1. The largest absolute Gasteiger partial charge is 0.352 e. The fourth-order valence-electron chi connectivity index (χ4n) is 3.54. The molecule has 2 aromatic rings. The lowest BCUT2D eigenvalue weighted by molar-refractivity contribution is -0.136. The van der Waals surface area contributed by atoms with Crippen LogP contribution in [0.3, 0.4) is 0 Å². The lowest BCUT2D eigenvalue weighted by Crippen LogP contribution is -2.46. The van der Waals surface area contributed by atoms with Gasteiger partial charge < -0.3 is 14.8 Å². The minimum absolute atomic E-state index is 0.107. The van der Waals surface area contributed by atoms with Crippen LogP contribution < -0.4 is 5.32 Å². The van der Waals surface area contributed by atoms with Crippen LogP contribution >= 0.6 is 0 Å². The van der Waals surface area contributed by atoms with Gasteiger partial charge in [-0.1, -0.05) is 32.1 Å². The highest BCUT2D eigenvalue weighted by Gasteiger charge is 2.25. The summed E-state index contributed by atoms with van der Waals surface area (Å²) in [5.41, 5.74) is 1.82. The summed E-state index contributed by atoms with van der Waals surface area (Å²) in [7, 11) is 0. The van der Waals surface area contributed by atoms with Crippen molar-refractivity contribution >= 4 is 22.8 Å². The molecule has 0 aliphatic carbocycles. The molecule has 0 spiro atoms. The molecule has 0 aliphatic rings. The highest BCUT2D eigenvalue weighted by molar-refractivity contribution is 5.87. The number of nitrogens with zero attached hydrogens (tertiary/aromatic N) is 3. The fourth-order valence-corrected chi connectivity index (χ4v) is 3.54. The van der Waals surface area contributed by atoms with Gasteiger partial charge in [-0.3, -0.25) is 9.59 Å². The molecule has 0 saturated carbocycles. The molecule has 1 heterocycles. The predicted molar refractivity (Wildman–Crippen MR) is 118 cm³/mol. The van der Waals surface area contributed by atoms with Gasteiger partial charge in [0.1, 0.15) is 12.4 Å². The number of benzene rings is 1. The van der Waals surface area contributed by atoms with Crippen LogP contribution in [0.15, 0.2) is 36.4 Å². The van der Waals surface area contributed by atoms with Crippen molar-refractivity contribution in [2.75, 3.05) is 6.54 Å². The molecule has 1 aromatic heterocycles. The first-order chi connectivity index (χ1) is 13.9. The normalized spacial score (nSPS) is 13.6. The number of hydrogen-bond acceptors (Lipinski definition) is 3. The number of amides is 2. The SMILES string of the molecule is C/C=C/C(=O)NCCc1nc2ccccc2n1CC(=O)N(C(C)CC)C(C)CC. The van der Waals surface area contributed by atoms with Crippen molar-refractivity contribution in [3.05, 3.63) is 42.2 Å². The van der Waals surface area contributed by atoms with Crippen molar-refractivity contribution in [2.45, 2.75) is 72.5 Å². The number of fused-ring (bicyclic) bond motifs is 1. The van der Waals surface area contributed by atoms with Crippen LogP contribution in [0, 0.1) is 0 Å². The summed E-state index contributed by atoms with van der Waals surface area (Å²) >= 11 is 0. The van der Waals surface area contributed by atoms with Crippen LogP contribution in [0.4, 0.5) is 0 Å². The number of allylic oxidation sites excluding steroid dienone is 1. The molecule has 0 saturated heterocycles. The maximum absolute atomic E-state index is 13.3. The second-order valence-corrected chi connectivity index (χ2v) is 7.46. The van der Waals surface area contributed by atoms with Crippen molar-refractivity contribution in [1.29, 1.82) is 0 Å². The number of rotatable bonds is 10. The molecule has 2 rings (SSSR count). The third-order valence-corrected chi connectivity index (χ3v) is 5.41. The van der Waals surface area contributed by atoms with E-state index in [0.29, 0.717) is 13.0 Å². The number of imidazole rings is 1. The molecule has 6 heteroatoms. The molecule has 158 valence electrons. The van der Waals surface area contributed by atoms with Crippen LogP contribution in [0.25, 0.3) is 11.0 Å². The van der Waals surface area contributed by atoms with E-state index < -0.39 is 0 Å². The summed E-state index contributed by atoms with van der Waals surface area (Å²) in [6, 6.07) is 8.24. The minimum Gasteiger partial charge on any atom is -0.352 e. The zero-order chi connectivity index (χ0) is 21.4. The highest BCUT2D eigenvalue weighted by atomic mass is 16.2. The Hall–Kier alpha value is -2.63. The van der Waals surface area contributed by atoms with Crippen LogP contribution in [0.1, 0.15) is 53.3 Å². The second-order valence-electron chi connectivity index (χ2n) is 7.46.